The Bertz CT molecular complexity index is 880. The van der Waals surface area contributed by atoms with Gasteiger partial charge in [0.15, 0.2) is 0 Å². The average Bonchev–Trinajstić information content (AvgIpc) is 2.99. The van der Waals surface area contributed by atoms with Gasteiger partial charge in [0.2, 0.25) is 5.95 Å². The lowest BCUT2D eigenvalue weighted by Crippen LogP contribution is -2.00. The molecule has 0 spiro atoms. The fraction of sp³-hybridized carbons (Fsp3) is 0.188. The lowest BCUT2D eigenvalue weighted by atomic mass is 10.0. The fourth-order valence-corrected chi connectivity index (χ4v) is 2.68. The van der Waals surface area contributed by atoms with Crippen LogP contribution in [-0.2, 0) is 6.42 Å². The smallest absolute Gasteiger partial charge is 0.333 e. The number of hydrogen-bond acceptors (Lipinski definition) is 5. The van der Waals surface area contributed by atoms with Gasteiger partial charge in [-0.25, -0.2) is 14.6 Å². The second-order valence-corrected chi connectivity index (χ2v) is 5.57. The van der Waals surface area contributed by atoms with Gasteiger partial charge in [-0.05, 0) is 11.6 Å². The number of para-hydroxylation sites is 1. The summed E-state index contributed by atoms with van der Waals surface area (Å²) in [6.07, 6.45) is 1.60. The van der Waals surface area contributed by atoms with Gasteiger partial charge in [0.05, 0.1) is 12.8 Å². The summed E-state index contributed by atoms with van der Waals surface area (Å²) < 4.78 is 32.1. The molecule has 0 saturated heterocycles. The first kappa shape index (κ1) is 17.1. The van der Waals surface area contributed by atoms with E-state index in [0.717, 1.165) is 5.56 Å². The van der Waals surface area contributed by atoms with Crippen molar-refractivity contribution >= 4 is 17.5 Å². The molecule has 0 fully saturated rings. The number of benzene rings is 1. The number of alkyl halides is 2. The van der Waals surface area contributed by atoms with E-state index < -0.39 is 6.55 Å². The lowest BCUT2D eigenvalue weighted by Gasteiger charge is -2.08. The molecule has 0 amide bonds. The molecular weight excluding hydrogens is 352 g/mol. The van der Waals surface area contributed by atoms with Crippen LogP contribution in [0, 0.1) is 0 Å². The van der Waals surface area contributed by atoms with E-state index in [1.807, 2.05) is 18.2 Å². The van der Waals surface area contributed by atoms with Crippen molar-refractivity contribution in [3.8, 4) is 17.1 Å². The zero-order chi connectivity index (χ0) is 18.0. The minimum atomic E-state index is -2.78. The van der Waals surface area contributed by atoms with Crippen LogP contribution in [0.5, 0.6) is 5.75 Å². The standard InChI is InChI=1S/C16H14ClF2N5O/c1-25-12-5-3-2-4-9(12)6-10-8-24(15(18)19)23-14(10)11-7-13(17)22-16(20)21-11/h2-5,7-8,15H,6H2,1H3,(H2,20,21,22). The Hall–Kier alpha value is -2.74. The number of methoxy groups -OCH3 is 1. The SMILES string of the molecule is COc1ccccc1Cc1cn(C(F)F)nc1-c1cc(Cl)nc(N)n1. The quantitative estimate of drug-likeness (QED) is 0.699. The second-order valence-electron chi connectivity index (χ2n) is 5.18. The van der Waals surface area contributed by atoms with Crippen LogP contribution in [0.1, 0.15) is 17.7 Å². The van der Waals surface area contributed by atoms with Crippen molar-refractivity contribution in [2.45, 2.75) is 13.0 Å². The monoisotopic (exact) mass is 365 g/mol. The van der Waals surface area contributed by atoms with Crippen LogP contribution < -0.4 is 10.5 Å². The number of nitrogens with two attached hydrogens (primary N) is 1. The average molecular weight is 366 g/mol. The molecule has 2 N–H and O–H groups in total. The molecule has 2 aromatic heterocycles. The normalized spacial score (nSPS) is 11.1. The van der Waals surface area contributed by atoms with Gasteiger partial charge in [0.25, 0.3) is 0 Å². The summed E-state index contributed by atoms with van der Waals surface area (Å²) in [5.74, 6) is 0.593. The van der Waals surface area contributed by atoms with Gasteiger partial charge < -0.3 is 10.5 Å². The number of rotatable bonds is 5. The Kier molecular flexibility index (Phi) is 4.80. The fourth-order valence-electron chi connectivity index (χ4n) is 2.49. The molecule has 0 bridgehead atoms. The summed E-state index contributed by atoms with van der Waals surface area (Å²) >= 11 is 5.90. The Balaban J connectivity index is 2.09. The van der Waals surface area contributed by atoms with Crippen LogP contribution >= 0.6 is 11.6 Å². The van der Waals surface area contributed by atoms with Gasteiger partial charge in [-0.1, -0.05) is 29.8 Å². The maximum atomic E-state index is 13.1. The predicted octanol–water partition coefficient (Wildman–Crippen LogP) is 3.57. The third-order valence-electron chi connectivity index (χ3n) is 3.54. The van der Waals surface area contributed by atoms with Crippen molar-refractivity contribution < 1.29 is 13.5 Å². The van der Waals surface area contributed by atoms with Crippen LogP contribution in [0.25, 0.3) is 11.4 Å². The van der Waals surface area contributed by atoms with Crippen molar-refractivity contribution in [1.29, 1.82) is 0 Å². The van der Waals surface area contributed by atoms with E-state index in [1.54, 1.807) is 13.2 Å². The van der Waals surface area contributed by atoms with Crippen molar-refractivity contribution in [1.82, 2.24) is 19.7 Å². The first-order valence-corrected chi connectivity index (χ1v) is 7.64. The van der Waals surface area contributed by atoms with E-state index >= 15 is 0 Å². The number of halogens is 3. The highest BCUT2D eigenvalue weighted by atomic mass is 35.5. The molecule has 0 aliphatic rings. The molecule has 0 unspecified atom stereocenters. The molecule has 25 heavy (non-hydrogen) atoms. The van der Waals surface area contributed by atoms with Gasteiger partial charge in [-0.3, -0.25) is 0 Å². The van der Waals surface area contributed by atoms with Gasteiger partial charge >= 0.3 is 6.55 Å². The second kappa shape index (κ2) is 7.02. The number of hydrogen-bond donors (Lipinski definition) is 1. The topological polar surface area (TPSA) is 78.8 Å². The Morgan fingerprint density at radius 1 is 1.24 bits per heavy atom. The number of anilines is 1. The first-order valence-electron chi connectivity index (χ1n) is 7.26. The summed E-state index contributed by atoms with van der Waals surface area (Å²) in [4.78, 5) is 7.82. The highest BCUT2D eigenvalue weighted by molar-refractivity contribution is 6.29. The van der Waals surface area contributed by atoms with Gasteiger partial charge in [-0.15, -0.1) is 0 Å². The van der Waals surface area contributed by atoms with Crippen molar-refractivity contribution in [3.05, 3.63) is 52.8 Å². The molecule has 1 aromatic carbocycles. The van der Waals surface area contributed by atoms with E-state index in [4.69, 9.17) is 22.1 Å². The molecular formula is C16H14ClF2N5O. The van der Waals surface area contributed by atoms with E-state index in [9.17, 15) is 8.78 Å². The van der Waals surface area contributed by atoms with Gasteiger partial charge in [0.1, 0.15) is 16.6 Å². The van der Waals surface area contributed by atoms with Crippen LogP contribution in [0.15, 0.2) is 36.5 Å². The third-order valence-corrected chi connectivity index (χ3v) is 3.73. The third kappa shape index (κ3) is 3.69. The molecule has 3 aromatic rings. The number of nitrogen functional groups attached to an aromatic ring is 1. The zero-order valence-electron chi connectivity index (χ0n) is 13.2. The molecule has 6 nitrogen and oxygen atoms in total. The summed E-state index contributed by atoms with van der Waals surface area (Å²) in [5, 5.41) is 4.04. The Morgan fingerprint density at radius 3 is 2.68 bits per heavy atom. The zero-order valence-corrected chi connectivity index (χ0v) is 13.9. The first-order chi connectivity index (χ1) is 12.0. The highest BCUT2D eigenvalue weighted by Gasteiger charge is 2.19. The Morgan fingerprint density at radius 2 is 2.00 bits per heavy atom. The molecule has 0 aliphatic heterocycles. The predicted molar refractivity (Wildman–Crippen MR) is 89.7 cm³/mol. The summed E-state index contributed by atoms with van der Waals surface area (Å²) in [7, 11) is 1.55. The van der Waals surface area contributed by atoms with Crippen LogP contribution in [0.4, 0.5) is 14.7 Å². The minimum Gasteiger partial charge on any atom is -0.496 e. The number of ether oxygens (including phenoxy) is 1. The molecule has 0 saturated carbocycles. The van der Waals surface area contributed by atoms with Gasteiger partial charge in [0, 0.05) is 24.2 Å². The van der Waals surface area contributed by atoms with E-state index in [0.29, 0.717) is 22.4 Å². The summed E-state index contributed by atoms with van der Waals surface area (Å²) in [5.41, 5.74) is 7.52. The summed E-state index contributed by atoms with van der Waals surface area (Å²) in [6.45, 7) is -2.78. The van der Waals surface area contributed by atoms with Crippen LogP contribution in [0.2, 0.25) is 5.15 Å². The molecule has 130 valence electrons. The van der Waals surface area contributed by atoms with Crippen LogP contribution in [0.3, 0.4) is 0 Å². The Labute approximate surface area is 147 Å². The highest BCUT2D eigenvalue weighted by Crippen LogP contribution is 2.29. The molecule has 0 radical (unpaired) electrons. The number of aromatic nitrogens is 4. The van der Waals surface area contributed by atoms with E-state index in [2.05, 4.69) is 15.1 Å². The maximum Gasteiger partial charge on any atom is 0.333 e. The minimum absolute atomic E-state index is 0.0580. The molecule has 0 aliphatic carbocycles. The van der Waals surface area contributed by atoms with Crippen molar-refractivity contribution in [2.24, 2.45) is 0 Å². The molecule has 3 rings (SSSR count). The van der Waals surface area contributed by atoms with E-state index in [1.165, 1.54) is 12.3 Å². The van der Waals surface area contributed by atoms with Gasteiger partial charge in [-0.2, -0.15) is 13.9 Å². The van der Waals surface area contributed by atoms with Crippen LogP contribution in [-0.4, -0.2) is 26.9 Å². The summed E-state index contributed by atoms with van der Waals surface area (Å²) in [6, 6.07) is 8.75. The molecule has 9 heteroatoms. The van der Waals surface area contributed by atoms with Crippen molar-refractivity contribution in [2.75, 3.05) is 12.8 Å². The molecule has 2 heterocycles. The lowest BCUT2D eigenvalue weighted by molar-refractivity contribution is 0.0567. The van der Waals surface area contributed by atoms with Crippen molar-refractivity contribution in [3.63, 3.8) is 0 Å². The molecule has 0 atom stereocenters. The maximum absolute atomic E-state index is 13.1. The van der Waals surface area contributed by atoms with E-state index in [-0.39, 0.29) is 22.5 Å². The largest absolute Gasteiger partial charge is 0.496 e. The number of nitrogens with zero attached hydrogens (tertiary/aromatic N) is 4.